The molecule has 1 aliphatic heterocycles. The molecule has 0 N–H and O–H groups in total. The highest BCUT2D eigenvalue weighted by Crippen LogP contribution is 2.50. The van der Waals surface area contributed by atoms with Crippen molar-refractivity contribution in [2.75, 3.05) is 18.6 Å². The van der Waals surface area contributed by atoms with E-state index in [0.29, 0.717) is 24.9 Å². The molecule has 152 valence electrons. The fourth-order valence-corrected chi connectivity index (χ4v) is 4.11. The largest absolute Gasteiger partial charge is 0.465 e. The van der Waals surface area contributed by atoms with Crippen LogP contribution in [-0.4, -0.2) is 25.5 Å². The molecule has 2 unspecified atom stereocenters. The van der Waals surface area contributed by atoms with Crippen LogP contribution in [0.4, 0.5) is 18.9 Å². The van der Waals surface area contributed by atoms with Gasteiger partial charge in [-0.05, 0) is 60.6 Å². The van der Waals surface area contributed by atoms with Gasteiger partial charge in [-0.1, -0.05) is 18.2 Å². The molecule has 1 fully saturated rings. The van der Waals surface area contributed by atoms with Crippen LogP contribution in [0.5, 0.6) is 0 Å². The number of methoxy groups -OCH3 is 1. The molecule has 2 atom stereocenters. The van der Waals surface area contributed by atoms with Gasteiger partial charge in [0.05, 0.1) is 18.2 Å². The zero-order chi connectivity index (χ0) is 20.8. The quantitative estimate of drug-likeness (QED) is 0.705. The van der Waals surface area contributed by atoms with Gasteiger partial charge < -0.3 is 9.64 Å². The Balaban J connectivity index is 1.53. The molecule has 2 aromatic carbocycles. The smallest absolute Gasteiger partial charge is 0.416 e. The fraction of sp³-hybridized carbons (Fsp3) is 0.364. The molecule has 1 heterocycles. The zero-order valence-electron chi connectivity index (χ0n) is 15.8. The number of esters is 1. The molecule has 0 radical (unpaired) electrons. The van der Waals surface area contributed by atoms with Crippen molar-refractivity contribution in [3.8, 4) is 0 Å². The Labute approximate surface area is 166 Å². The highest BCUT2D eigenvalue weighted by Gasteiger charge is 2.47. The molecule has 0 bridgehead atoms. The van der Waals surface area contributed by atoms with Gasteiger partial charge in [0.2, 0.25) is 5.91 Å². The molecule has 4 nitrogen and oxygen atoms in total. The third kappa shape index (κ3) is 3.61. The maximum atomic E-state index is 13.1. The van der Waals surface area contributed by atoms with E-state index in [2.05, 4.69) is 0 Å². The van der Waals surface area contributed by atoms with Crippen LogP contribution in [0.3, 0.4) is 0 Å². The first-order valence-electron chi connectivity index (χ1n) is 9.50. The lowest BCUT2D eigenvalue weighted by atomic mass is 9.95. The maximum absolute atomic E-state index is 13.1. The van der Waals surface area contributed by atoms with Gasteiger partial charge in [0.1, 0.15) is 0 Å². The standard InChI is InChI=1S/C22H20F3NO3/c1-29-21(28)16-4-2-6-19-15(16)5-3-11-26(19)20(27)18-12-17(18)13-7-9-14(10-8-13)22(23,24)25/h2,4,6-10,17-18H,3,5,11-12H2,1H3. The van der Waals surface area contributed by atoms with Gasteiger partial charge >= 0.3 is 12.1 Å². The zero-order valence-corrected chi connectivity index (χ0v) is 15.8. The van der Waals surface area contributed by atoms with Gasteiger partial charge in [0, 0.05) is 18.2 Å². The summed E-state index contributed by atoms with van der Waals surface area (Å²) in [5, 5.41) is 0. The molecular formula is C22H20F3NO3. The van der Waals surface area contributed by atoms with E-state index in [1.165, 1.54) is 19.2 Å². The third-order valence-electron chi connectivity index (χ3n) is 5.70. The highest BCUT2D eigenvalue weighted by molar-refractivity contribution is 6.01. The Morgan fingerprint density at radius 1 is 1.10 bits per heavy atom. The Hall–Kier alpha value is -2.83. The second-order valence-corrected chi connectivity index (χ2v) is 7.46. The van der Waals surface area contributed by atoms with Crippen molar-refractivity contribution in [2.24, 2.45) is 5.92 Å². The first-order chi connectivity index (χ1) is 13.8. The predicted molar refractivity (Wildman–Crippen MR) is 101 cm³/mol. The van der Waals surface area contributed by atoms with Crippen LogP contribution >= 0.6 is 0 Å². The van der Waals surface area contributed by atoms with Gasteiger partial charge in [-0.3, -0.25) is 4.79 Å². The number of nitrogens with zero attached hydrogens (tertiary/aromatic N) is 1. The third-order valence-corrected chi connectivity index (χ3v) is 5.70. The van der Waals surface area contributed by atoms with Crippen LogP contribution in [-0.2, 0) is 22.1 Å². The molecule has 0 saturated heterocycles. The molecule has 1 saturated carbocycles. The van der Waals surface area contributed by atoms with Crippen LogP contribution in [0, 0.1) is 5.92 Å². The van der Waals surface area contributed by atoms with Crippen LogP contribution in [0.15, 0.2) is 42.5 Å². The number of hydrogen-bond donors (Lipinski definition) is 0. The summed E-state index contributed by atoms with van der Waals surface area (Å²) in [7, 11) is 1.33. The van der Waals surface area contributed by atoms with Crippen molar-refractivity contribution in [3.63, 3.8) is 0 Å². The minimum atomic E-state index is -4.37. The monoisotopic (exact) mass is 403 g/mol. The molecular weight excluding hydrogens is 383 g/mol. The van der Waals surface area contributed by atoms with Gasteiger partial charge in [-0.2, -0.15) is 13.2 Å². The normalized spacial score (nSPS) is 20.8. The maximum Gasteiger partial charge on any atom is 0.416 e. The second kappa shape index (κ2) is 7.21. The summed E-state index contributed by atoms with van der Waals surface area (Å²) in [6.07, 6.45) is -2.32. The number of anilines is 1. The molecule has 1 amide bonds. The van der Waals surface area contributed by atoms with E-state index < -0.39 is 17.7 Å². The number of benzene rings is 2. The molecule has 2 aromatic rings. The Morgan fingerprint density at radius 2 is 1.83 bits per heavy atom. The number of amides is 1. The number of halogens is 3. The van der Waals surface area contributed by atoms with Crippen molar-refractivity contribution in [2.45, 2.75) is 31.4 Å². The average molecular weight is 403 g/mol. The minimum absolute atomic E-state index is 0.0436. The van der Waals surface area contributed by atoms with Crippen molar-refractivity contribution in [1.29, 1.82) is 0 Å². The first kappa shape index (κ1) is 19.5. The molecule has 29 heavy (non-hydrogen) atoms. The molecule has 0 spiro atoms. The van der Waals surface area contributed by atoms with E-state index in [1.54, 1.807) is 17.0 Å². The van der Waals surface area contributed by atoms with E-state index >= 15 is 0 Å². The summed E-state index contributed by atoms with van der Waals surface area (Å²) in [6, 6.07) is 10.3. The predicted octanol–water partition coefficient (Wildman–Crippen LogP) is 4.57. The molecule has 4 rings (SSSR count). The Kier molecular flexibility index (Phi) is 4.84. The van der Waals surface area contributed by atoms with E-state index in [1.807, 2.05) is 6.07 Å². The minimum Gasteiger partial charge on any atom is -0.465 e. The molecule has 0 aromatic heterocycles. The number of fused-ring (bicyclic) bond motifs is 1. The van der Waals surface area contributed by atoms with Crippen LogP contribution in [0.2, 0.25) is 0 Å². The number of alkyl halides is 3. The number of carbonyl (C=O) groups is 2. The van der Waals surface area contributed by atoms with E-state index in [0.717, 1.165) is 35.4 Å². The highest BCUT2D eigenvalue weighted by atomic mass is 19.4. The lowest BCUT2D eigenvalue weighted by molar-refractivity contribution is -0.137. The van der Waals surface area contributed by atoms with E-state index in [-0.39, 0.29) is 17.7 Å². The van der Waals surface area contributed by atoms with E-state index in [4.69, 9.17) is 4.74 Å². The summed E-state index contributed by atoms with van der Waals surface area (Å²) < 4.78 is 43.1. The number of ether oxygens (including phenoxy) is 1. The Morgan fingerprint density at radius 3 is 2.48 bits per heavy atom. The van der Waals surface area contributed by atoms with Gasteiger partial charge in [0.25, 0.3) is 0 Å². The van der Waals surface area contributed by atoms with E-state index in [9.17, 15) is 22.8 Å². The number of rotatable bonds is 3. The number of hydrogen-bond acceptors (Lipinski definition) is 3. The van der Waals surface area contributed by atoms with Crippen LogP contribution in [0.25, 0.3) is 0 Å². The first-order valence-corrected chi connectivity index (χ1v) is 9.50. The number of carbonyl (C=O) groups excluding carboxylic acids is 2. The summed E-state index contributed by atoms with van der Waals surface area (Å²) in [5.74, 6) is -0.790. The van der Waals surface area contributed by atoms with Gasteiger partial charge in [-0.15, -0.1) is 0 Å². The van der Waals surface area contributed by atoms with Crippen molar-refractivity contribution in [1.82, 2.24) is 0 Å². The fourth-order valence-electron chi connectivity index (χ4n) is 4.11. The summed E-state index contributed by atoms with van der Waals surface area (Å²) in [6.45, 7) is 0.562. The summed E-state index contributed by atoms with van der Waals surface area (Å²) in [4.78, 5) is 26.9. The topological polar surface area (TPSA) is 46.6 Å². The second-order valence-electron chi connectivity index (χ2n) is 7.46. The Bertz CT molecular complexity index is 953. The van der Waals surface area contributed by atoms with Gasteiger partial charge in [-0.25, -0.2) is 4.79 Å². The summed E-state index contributed by atoms with van der Waals surface area (Å²) in [5.41, 5.74) is 2.06. The molecule has 1 aliphatic carbocycles. The van der Waals surface area contributed by atoms with Gasteiger partial charge in [0.15, 0.2) is 0 Å². The van der Waals surface area contributed by atoms with Crippen molar-refractivity contribution >= 4 is 17.6 Å². The van der Waals surface area contributed by atoms with Crippen LogP contribution in [0.1, 0.15) is 45.8 Å². The van der Waals surface area contributed by atoms with Crippen molar-refractivity contribution in [3.05, 3.63) is 64.7 Å². The molecule has 2 aliphatic rings. The SMILES string of the molecule is COC(=O)c1cccc2c1CCCN2C(=O)C1CC1c1ccc(C(F)(F)F)cc1. The van der Waals surface area contributed by atoms with Crippen molar-refractivity contribution < 1.29 is 27.5 Å². The lowest BCUT2D eigenvalue weighted by Gasteiger charge is -2.30. The average Bonchev–Trinajstić information content (AvgIpc) is 3.52. The summed E-state index contributed by atoms with van der Waals surface area (Å²) >= 11 is 0. The molecule has 7 heteroatoms. The van der Waals surface area contributed by atoms with Crippen LogP contribution < -0.4 is 4.90 Å². The lowest BCUT2D eigenvalue weighted by Crippen LogP contribution is -2.37.